The van der Waals surface area contributed by atoms with E-state index in [0.29, 0.717) is 23.7 Å². The lowest BCUT2D eigenvalue weighted by Gasteiger charge is -2.18. The Morgan fingerprint density at radius 3 is 2.46 bits per heavy atom. The smallest absolute Gasteiger partial charge is 0.251 e. The fourth-order valence-electron chi connectivity index (χ4n) is 3.12. The van der Waals surface area contributed by atoms with Crippen molar-refractivity contribution in [3.8, 4) is 0 Å². The number of nitrogens with one attached hydrogen (secondary N) is 2. The molecule has 0 aliphatic carbocycles. The van der Waals surface area contributed by atoms with Crippen molar-refractivity contribution < 1.29 is 13.2 Å². The van der Waals surface area contributed by atoms with Crippen molar-refractivity contribution in [1.82, 2.24) is 5.32 Å². The maximum atomic E-state index is 12.3. The normalized spacial score (nSPS) is 17.1. The number of nitrogens with zero attached hydrogens (tertiary/aromatic N) is 1. The van der Waals surface area contributed by atoms with Gasteiger partial charge in [0.15, 0.2) is 0 Å². The molecule has 3 rings (SSSR count). The lowest BCUT2D eigenvalue weighted by Crippen LogP contribution is -2.31. The number of amides is 1. The molecule has 1 heterocycles. The predicted molar refractivity (Wildman–Crippen MR) is 104 cm³/mol. The summed E-state index contributed by atoms with van der Waals surface area (Å²) >= 11 is 0. The van der Waals surface area contributed by atoms with Crippen LogP contribution in [0.2, 0.25) is 0 Å². The van der Waals surface area contributed by atoms with Gasteiger partial charge in [0, 0.05) is 36.6 Å². The Morgan fingerprint density at radius 1 is 1.12 bits per heavy atom. The minimum atomic E-state index is -3.31. The zero-order chi connectivity index (χ0) is 18.6. The number of sulfonamides is 1. The van der Waals surface area contributed by atoms with Crippen molar-refractivity contribution in [3.05, 3.63) is 60.2 Å². The van der Waals surface area contributed by atoms with Crippen molar-refractivity contribution in [3.63, 3.8) is 0 Å². The van der Waals surface area contributed by atoms with Gasteiger partial charge in [-0.2, -0.15) is 0 Å². The van der Waals surface area contributed by atoms with Gasteiger partial charge in [0.25, 0.3) is 5.91 Å². The number of anilines is 2. The van der Waals surface area contributed by atoms with Gasteiger partial charge in [0.05, 0.1) is 6.26 Å². The number of carbonyl (C=O) groups is 1. The summed E-state index contributed by atoms with van der Waals surface area (Å²) in [6, 6.07) is 16.7. The molecule has 1 amide bonds. The third kappa shape index (κ3) is 4.98. The molecular formula is C19H23N3O3S. The van der Waals surface area contributed by atoms with E-state index in [2.05, 4.69) is 27.1 Å². The number of rotatable bonds is 6. The minimum Gasteiger partial charge on any atom is -0.371 e. The first-order valence-electron chi connectivity index (χ1n) is 8.57. The van der Waals surface area contributed by atoms with E-state index in [4.69, 9.17) is 0 Å². The number of carbonyl (C=O) groups excluding carboxylic acids is 1. The van der Waals surface area contributed by atoms with E-state index in [-0.39, 0.29) is 5.91 Å². The van der Waals surface area contributed by atoms with Gasteiger partial charge in [0.2, 0.25) is 10.0 Å². The molecule has 0 spiro atoms. The molecule has 0 aromatic heterocycles. The minimum absolute atomic E-state index is 0.144. The van der Waals surface area contributed by atoms with E-state index in [0.717, 1.165) is 25.8 Å². The van der Waals surface area contributed by atoms with Crippen LogP contribution >= 0.6 is 0 Å². The molecular weight excluding hydrogens is 350 g/mol. The quantitative estimate of drug-likeness (QED) is 0.815. The number of para-hydroxylation sites is 1. The fraction of sp³-hybridized carbons (Fsp3) is 0.316. The molecule has 0 unspecified atom stereocenters. The summed E-state index contributed by atoms with van der Waals surface area (Å²) in [4.78, 5) is 14.6. The molecule has 6 nitrogen and oxygen atoms in total. The van der Waals surface area contributed by atoms with E-state index in [1.807, 2.05) is 18.2 Å². The van der Waals surface area contributed by atoms with Crippen LogP contribution in [0.25, 0.3) is 0 Å². The number of hydrogen-bond acceptors (Lipinski definition) is 4. The van der Waals surface area contributed by atoms with E-state index in [1.54, 1.807) is 24.3 Å². The van der Waals surface area contributed by atoms with E-state index in [9.17, 15) is 13.2 Å². The second kappa shape index (κ2) is 7.78. The van der Waals surface area contributed by atoms with Crippen LogP contribution in [-0.2, 0) is 10.0 Å². The molecule has 2 aromatic rings. The summed E-state index contributed by atoms with van der Waals surface area (Å²) in [6.45, 7) is 2.56. The largest absolute Gasteiger partial charge is 0.371 e. The summed E-state index contributed by atoms with van der Waals surface area (Å²) in [5.74, 6) is 0.277. The Hall–Kier alpha value is -2.54. The van der Waals surface area contributed by atoms with Crippen LogP contribution in [0.5, 0.6) is 0 Å². The fourth-order valence-corrected chi connectivity index (χ4v) is 3.68. The highest BCUT2D eigenvalue weighted by molar-refractivity contribution is 7.92. The Kier molecular flexibility index (Phi) is 5.46. The zero-order valence-corrected chi connectivity index (χ0v) is 15.5. The van der Waals surface area contributed by atoms with Crippen molar-refractivity contribution in [2.24, 2.45) is 5.92 Å². The number of benzene rings is 2. The van der Waals surface area contributed by atoms with Crippen LogP contribution in [0.15, 0.2) is 54.6 Å². The maximum absolute atomic E-state index is 12.3. The molecule has 1 aliphatic heterocycles. The van der Waals surface area contributed by atoms with Crippen LogP contribution in [0, 0.1) is 5.92 Å². The Bertz CT molecular complexity index is 851. The lowest BCUT2D eigenvalue weighted by atomic mass is 10.1. The highest BCUT2D eigenvalue weighted by atomic mass is 32.2. The third-order valence-corrected chi connectivity index (χ3v) is 5.02. The van der Waals surface area contributed by atoms with E-state index in [1.165, 1.54) is 5.69 Å². The molecule has 1 fully saturated rings. The zero-order valence-electron chi connectivity index (χ0n) is 14.7. The van der Waals surface area contributed by atoms with Gasteiger partial charge < -0.3 is 10.2 Å². The van der Waals surface area contributed by atoms with Gasteiger partial charge in [-0.05, 0) is 48.7 Å². The summed E-state index contributed by atoms with van der Waals surface area (Å²) in [6.07, 6.45) is 2.14. The maximum Gasteiger partial charge on any atom is 0.251 e. The van der Waals surface area contributed by atoms with E-state index < -0.39 is 10.0 Å². The summed E-state index contributed by atoms with van der Waals surface area (Å²) in [5.41, 5.74) is 2.18. The molecule has 2 N–H and O–H groups in total. The average Bonchev–Trinajstić information content (AvgIpc) is 3.09. The average molecular weight is 373 g/mol. The highest BCUT2D eigenvalue weighted by Gasteiger charge is 2.23. The standard InChI is InChI=1S/C19H23N3O3S/c1-26(24,25)21-17-9-7-16(8-10-17)19(23)20-13-15-11-12-22(14-15)18-5-3-2-4-6-18/h2-10,15,21H,11-14H2,1H3,(H,20,23)/t15-/m0/s1. The highest BCUT2D eigenvalue weighted by Crippen LogP contribution is 2.23. The van der Waals surface area contributed by atoms with Gasteiger partial charge in [-0.1, -0.05) is 18.2 Å². The third-order valence-electron chi connectivity index (χ3n) is 4.41. The van der Waals surface area contributed by atoms with Crippen molar-refractivity contribution in [1.29, 1.82) is 0 Å². The molecule has 0 bridgehead atoms. The Morgan fingerprint density at radius 2 is 1.81 bits per heavy atom. The molecule has 2 aromatic carbocycles. The van der Waals surface area contributed by atoms with Crippen LogP contribution in [0.4, 0.5) is 11.4 Å². The van der Waals surface area contributed by atoms with E-state index >= 15 is 0 Å². The van der Waals surface area contributed by atoms with Crippen molar-refractivity contribution in [2.75, 3.05) is 35.5 Å². The first kappa shape index (κ1) is 18.3. The van der Waals surface area contributed by atoms with Crippen LogP contribution in [-0.4, -0.2) is 40.2 Å². The second-order valence-corrected chi connectivity index (χ2v) is 8.35. The van der Waals surface area contributed by atoms with Gasteiger partial charge in [0.1, 0.15) is 0 Å². The van der Waals surface area contributed by atoms with Gasteiger partial charge in [-0.15, -0.1) is 0 Å². The molecule has 7 heteroatoms. The molecule has 1 saturated heterocycles. The SMILES string of the molecule is CS(=O)(=O)Nc1ccc(C(=O)NC[C@@H]2CCN(c3ccccc3)C2)cc1. The Balaban J connectivity index is 1.50. The van der Waals surface area contributed by atoms with Gasteiger partial charge in [-0.3, -0.25) is 9.52 Å². The Labute approximate surface area is 154 Å². The monoisotopic (exact) mass is 373 g/mol. The topological polar surface area (TPSA) is 78.5 Å². The summed E-state index contributed by atoms with van der Waals surface area (Å²) in [7, 11) is -3.31. The van der Waals surface area contributed by atoms with Crippen molar-refractivity contribution in [2.45, 2.75) is 6.42 Å². The summed E-state index contributed by atoms with van der Waals surface area (Å²) in [5, 5.41) is 2.98. The molecule has 26 heavy (non-hydrogen) atoms. The first-order valence-corrected chi connectivity index (χ1v) is 10.5. The molecule has 138 valence electrons. The first-order chi connectivity index (χ1) is 12.4. The summed E-state index contributed by atoms with van der Waals surface area (Å²) < 4.78 is 24.8. The molecule has 0 radical (unpaired) electrons. The number of hydrogen-bond donors (Lipinski definition) is 2. The van der Waals surface area contributed by atoms with Gasteiger partial charge in [-0.25, -0.2) is 8.42 Å². The van der Waals surface area contributed by atoms with Crippen LogP contribution < -0.4 is 14.9 Å². The van der Waals surface area contributed by atoms with Gasteiger partial charge >= 0.3 is 0 Å². The lowest BCUT2D eigenvalue weighted by molar-refractivity contribution is 0.0948. The van der Waals surface area contributed by atoms with Crippen molar-refractivity contribution >= 4 is 27.3 Å². The molecule has 1 aliphatic rings. The molecule has 0 saturated carbocycles. The van der Waals surface area contributed by atoms with Crippen LogP contribution in [0.1, 0.15) is 16.8 Å². The van der Waals surface area contributed by atoms with Crippen LogP contribution in [0.3, 0.4) is 0 Å². The molecule has 1 atom stereocenters. The predicted octanol–water partition coefficient (Wildman–Crippen LogP) is 2.31. The second-order valence-electron chi connectivity index (χ2n) is 6.60.